The first-order chi connectivity index (χ1) is 9.95. The number of nitrogens with one attached hydrogen (secondary N) is 1. The maximum Gasteiger partial charge on any atom is 0.416 e. The molecule has 1 N–H and O–H groups in total. The number of halogens is 3. The maximum absolute atomic E-state index is 12.5. The van der Waals surface area contributed by atoms with E-state index in [0.29, 0.717) is 6.04 Å². The van der Waals surface area contributed by atoms with Gasteiger partial charge >= 0.3 is 6.18 Å². The number of alkyl halides is 3. The van der Waals surface area contributed by atoms with Gasteiger partial charge in [0.25, 0.3) is 0 Å². The lowest BCUT2D eigenvalue weighted by Gasteiger charge is -2.12. The molecule has 1 aromatic rings. The summed E-state index contributed by atoms with van der Waals surface area (Å²) in [5, 5.41) is 3.06. The Morgan fingerprint density at radius 1 is 1.10 bits per heavy atom. The molecule has 1 amide bonds. The predicted octanol–water partition coefficient (Wildman–Crippen LogP) is 3.87. The van der Waals surface area contributed by atoms with Crippen LogP contribution < -0.4 is 5.32 Å². The van der Waals surface area contributed by atoms with Crippen molar-refractivity contribution < 1.29 is 18.0 Å². The van der Waals surface area contributed by atoms with Crippen molar-refractivity contribution in [1.29, 1.82) is 0 Å². The van der Waals surface area contributed by atoms with Gasteiger partial charge in [-0.15, -0.1) is 0 Å². The van der Waals surface area contributed by atoms with Crippen LogP contribution in [0.3, 0.4) is 0 Å². The summed E-state index contributed by atoms with van der Waals surface area (Å²) in [5.74, 6) is 0.0721. The zero-order chi connectivity index (χ0) is 15.0. The number of hydrogen-bond acceptors (Lipinski definition) is 1. The number of carbonyl (C=O) groups is 1. The summed E-state index contributed by atoms with van der Waals surface area (Å²) in [6.07, 6.45) is 0.855. The molecule has 3 rings (SSSR count). The Balaban J connectivity index is 1.58. The van der Waals surface area contributed by atoms with Crippen LogP contribution in [0.25, 0.3) is 0 Å². The molecule has 0 heterocycles. The lowest BCUT2D eigenvalue weighted by molar-refractivity contribution is -0.137. The molecule has 2 aliphatic rings. The van der Waals surface area contributed by atoms with E-state index in [1.54, 1.807) is 0 Å². The zero-order valence-electron chi connectivity index (χ0n) is 11.6. The molecule has 21 heavy (non-hydrogen) atoms. The quantitative estimate of drug-likeness (QED) is 0.901. The molecule has 2 saturated carbocycles. The van der Waals surface area contributed by atoms with Crippen LogP contribution in [0.5, 0.6) is 0 Å². The van der Waals surface area contributed by atoms with Gasteiger partial charge in [0.1, 0.15) is 0 Å². The summed E-state index contributed by atoms with van der Waals surface area (Å²) in [6.45, 7) is 0. The summed E-state index contributed by atoms with van der Waals surface area (Å²) < 4.78 is 37.5. The van der Waals surface area contributed by atoms with Gasteiger partial charge in [0.05, 0.1) is 5.56 Å². The summed E-state index contributed by atoms with van der Waals surface area (Å²) in [7, 11) is 0. The minimum Gasteiger partial charge on any atom is -0.353 e. The first kappa shape index (κ1) is 14.4. The van der Waals surface area contributed by atoms with Crippen LogP contribution in [0, 0.1) is 5.92 Å². The molecule has 0 bridgehead atoms. The van der Waals surface area contributed by atoms with E-state index in [4.69, 9.17) is 0 Å². The third-order valence-corrected chi connectivity index (χ3v) is 4.49. The van der Waals surface area contributed by atoms with Crippen LogP contribution in [-0.2, 0) is 11.0 Å². The monoisotopic (exact) mass is 297 g/mol. The van der Waals surface area contributed by atoms with Crippen LogP contribution in [-0.4, -0.2) is 11.9 Å². The SMILES string of the molecule is O=C(NC1CCCC1)C1CC1c1ccc(C(F)(F)F)cc1. The first-order valence-electron chi connectivity index (χ1n) is 7.42. The van der Waals surface area contributed by atoms with Gasteiger partial charge < -0.3 is 5.32 Å². The second-order valence-electron chi connectivity index (χ2n) is 6.06. The van der Waals surface area contributed by atoms with E-state index >= 15 is 0 Å². The molecule has 2 atom stereocenters. The van der Waals surface area contributed by atoms with E-state index in [9.17, 15) is 18.0 Å². The van der Waals surface area contributed by atoms with Crippen molar-refractivity contribution in [3.05, 3.63) is 35.4 Å². The second-order valence-corrected chi connectivity index (χ2v) is 6.06. The molecule has 5 heteroatoms. The fourth-order valence-corrected chi connectivity index (χ4v) is 3.15. The third-order valence-electron chi connectivity index (χ3n) is 4.49. The molecule has 2 aliphatic carbocycles. The highest BCUT2D eigenvalue weighted by atomic mass is 19.4. The van der Waals surface area contributed by atoms with Gasteiger partial charge in [-0.2, -0.15) is 13.2 Å². The van der Waals surface area contributed by atoms with Gasteiger partial charge in [0.2, 0.25) is 5.91 Å². The number of carbonyl (C=O) groups excluding carboxylic acids is 1. The van der Waals surface area contributed by atoms with Crippen molar-refractivity contribution in [3.8, 4) is 0 Å². The van der Waals surface area contributed by atoms with Crippen LogP contribution in [0.1, 0.15) is 49.1 Å². The van der Waals surface area contributed by atoms with Crippen LogP contribution in [0.2, 0.25) is 0 Å². The molecule has 2 nitrogen and oxygen atoms in total. The van der Waals surface area contributed by atoms with Crippen LogP contribution >= 0.6 is 0 Å². The minimum atomic E-state index is -4.30. The van der Waals surface area contributed by atoms with Gasteiger partial charge in [-0.25, -0.2) is 0 Å². The van der Waals surface area contributed by atoms with Gasteiger partial charge in [-0.05, 0) is 42.9 Å². The van der Waals surface area contributed by atoms with Gasteiger partial charge in [0, 0.05) is 12.0 Å². The van der Waals surface area contributed by atoms with E-state index in [2.05, 4.69) is 5.32 Å². The smallest absolute Gasteiger partial charge is 0.353 e. The summed E-state index contributed by atoms with van der Waals surface area (Å²) in [4.78, 5) is 12.1. The molecule has 0 saturated heterocycles. The number of hydrogen-bond donors (Lipinski definition) is 1. The van der Waals surface area contributed by atoms with E-state index < -0.39 is 11.7 Å². The molecular weight excluding hydrogens is 279 g/mol. The number of rotatable bonds is 3. The normalized spacial score (nSPS) is 25.9. The Bertz CT molecular complexity index is 517. The van der Waals surface area contributed by atoms with E-state index in [1.165, 1.54) is 12.1 Å². The van der Waals surface area contributed by atoms with E-state index in [0.717, 1.165) is 49.8 Å². The fraction of sp³-hybridized carbons (Fsp3) is 0.562. The fourth-order valence-electron chi connectivity index (χ4n) is 3.15. The minimum absolute atomic E-state index is 0.0618. The molecule has 2 unspecified atom stereocenters. The van der Waals surface area contributed by atoms with Crippen molar-refractivity contribution in [2.24, 2.45) is 5.92 Å². The van der Waals surface area contributed by atoms with Crippen LogP contribution in [0.15, 0.2) is 24.3 Å². The molecule has 114 valence electrons. The summed E-state index contributed by atoms with van der Waals surface area (Å²) >= 11 is 0. The maximum atomic E-state index is 12.5. The highest BCUT2D eigenvalue weighted by Crippen LogP contribution is 2.48. The zero-order valence-corrected chi connectivity index (χ0v) is 11.6. The largest absolute Gasteiger partial charge is 0.416 e. The predicted molar refractivity (Wildman–Crippen MR) is 72.7 cm³/mol. The van der Waals surface area contributed by atoms with Crippen molar-refractivity contribution in [3.63, 3.8) is 0 Å². The van der Waals surface area contributed by atoms with E-state index in [-0.39, 0.29) is 17.7 Å². The van der Waals surface area contributed by atoms with Crippen molar-refractivity contribution >= 4 is 5.91 Å². The third kappa shape index (κ3) is 3.22. The lowest BCUT2D eigenvalue weighted by atomic mass is 10.1. The topological polar surface area (TPSA) is 29.1 Å². The first-order valence-corrected chi connectivity index (χ1v) is 7.42. The van der Waals surface area contributed by atoms with E-state index in [1.807, 2.05) is 0 Å². The molecule has 0 radical (unpaired) electrons. The summed E-state index contributed by atoms with van der Waals surface area (Å²) in [5.41, 5.74) is 0.188. The highest BCUT2D eigenvalue weighted by molar-refractivity contribution is 5.83. The Labute approximate surface area is 121 Å². The Hall–Kier alpha value is -1.52. The van der Waals surface area contributed by atoms with Crippen molar-refractivity contribution in [1.82, 2.24) is 5.32 Å². The Morgan fingerprint density at radius 3 is 2.29 bits per heavy atom. The molecule has 0 aliphatic heterocycles. The van der Waals surface area contributed by atoms with Gasteiger partial charge in [0.15, 0.2) is 0 Å². The molecular formula is C16H18F3NO. The average molecular weight is 297 g/mol. The molecule has 1 aromatic carbocycles. The lowest BCUT2D eigenvalue weighted by Crippen LogP contribution is -2.34. The van der Waals surface area contributed by atoms with Crippen LogP contribution in [0.4, 0.5) is 13.2 Å². The molecule has 2 fully saturated rings. The average Bonchev–Trinajstić information content (AvgIpc) is 3.09. The summed E-state index contributed by atoms with van der Waals surface area (Å²) in [6, 6.07) is 5.48. The Kier molecular flexibility index (Phi) is 3.68. The second kappa shape index (κ2) is 5.35. The van der Waals surface area contributed by atoms with Gasteiger partial charge in [-0.1, -0.05) is 25.0 Å². The standard InChI is InChI=1S/C16H18F3NO/c17-16(18,19)11-7-5-10(6-8-11)13-9-14(13)15(21)20-12-3-1-2-4-12/h5-8,12-14H,1-4,9H2,(H,20,21). The number of amides is 1. The molecule has 0 spiro atoms. The van der Waals surface area contributed by atoms with Gasteiger partial charge in [-0.3, -0.25) is 4.79 Å². The molecule has 0 aromatic heterocycles. The van der Waals surface area contributed by atoms with Crippen molar-refractivity contribution in [2.45, 2.75) is 50.2 Å². The van der Waals surface area contributed by atoms with Crippen molar-refractivity contribution in [2.75, 3.05) is 0 Å². The number of benzene rings is 1. The highest BCUT2D eigenvalue weighted by Gasteiger charge is 2.44. The Morgan fingerprint density at radius 2 is 1.71 bits per heavy atom.